The molecule has 0 heterocycles. The fourth-order valence-electron chi connectivity index (χ4n) is 3.22. The van der Waals surface area contributed by atoms with Crippen molar-refractivity contribution in [2.24, 2.45) is 11.3 Å². The summed E-state index contributed by atoms with van der Waals surface area (Å²) < 4.78 is 5.12. The molecule has 0 fully saturated rings. The van der Waals surface area contributed by atoms with Crippen LogP contribution in [0, 0.1) is 11.3 Å². The lowest BCUT2D eigenvalue weighted by molar-refractivity contribution is 0.175. The van der Waals surface area contributed by atoms with Gasteiger partial charge in [0.25, 0.3) is 0 Å². The van der Waals surface area contributed by atoms with Gasteiger partial charge in [0.2, 0.25) is 0 Å². The zero-order chi connectivity index (χ0) is 15.3. The molecule has 118 valence electrons. The molecule has 0 aromatic heterocycles. The van der Waals surface area contributed by atoms with Crippen molar-refractivity contribution in [2.75, 3.05) is 26.8 Å². The Morgan fingerprint density at radius 3 is 2.71 bits per heavy atom. The van der Waals surface area contributed by atoms with Gasteiger partial charge in [-0.05, 0) is 53.7 Å². The zero-order valence-electron chi connectivity index (χ0n) is 14.2. The first-order valence-corrected chi connectivity index (χ1v) is 8.35. The van der Waals surface area contributed by atoms with Gasteiger partial charge in [-0.1, -0.05) is 39.0 Å². The van der Waals surface area contributed by atoms with E-state index in [-0.39, 0.29) is 0 Å². The molecular formula is C19H31NO. The number of benzene rings is 1. The molecule has 2 nitrogen and oxygen atoms in total. The summed E-state index contributed by atoms with van der Waals surface area (Å²) in [5.74, 6) is 0.654. The Bertz CT molecular complexity index is 455. The predicted molar refractivity (Wildman–Crippen MR) is 89.9 cm³/mol. The van der Waals surface area contributed by atoms with Crippen LogP contribution in [0.15, 0.2) is 18.2 Å². The molecule has 1 aliphatic rings. The van der Waals surface area contributed by atoms with Crippen LogP contribution < -0.4 is 5.32 Å². The first kappa shape index (κ1) is 16.5. The lowest BCUT2D eigenvalue weighted by atomic mass is 9.74. The Morgan fingerprint density at radius 1 is 1.24 bits per heavy atom. The maximum atomic E-state index is 5.12. The van der Waals surface area contributed by atoms with E-state index in [1.54, 1.807) is 18.2 Å². The van der Waals surface area contributed by atoms with Gasteiger partial charge in [-0.2, -0.15) is 0 Å². The Morgan fingerprint density at radius 2 is 2.00 bits per heavy atom. The molecule has 0 saturated heterocycles. The average Bonchev–Trinajstić information content (AvgIpc) is 2.91. The van der Waals surface area contributed by atoms with Crippen molar-refractivity contribution in [2.45, 2.75) is 46.5 Å². The molecule has 0 radical (unpaired) electrons. The third kappa shape index (κ3) is 4.31. The van der Waals surface area contributed by atoms with Gasteiger partial charge in [0.05, 0.1) is 6.61 Å². The Labute approximate surface area is 130 Å². The van der Waals surface area contributed by atoms with Crippen molar-refractivity contribution in [1.82, 2.24) is 5.32 Å². The van der Waals surface area contributed by atoms with Crippen LogP contribution >= 0.6 is 0 Å². The van der Waals surface area contributed by atoms with Gasteiger partial charge in [0, 0.05) is 20.2 Å². The van der Waals surface area contributed by atoms with Gasteiger partial charge in [0.1, 0.15) is 0 Å². The number of hydrogen-bond acceptors (Lipinski definition) is 2. The van der Waals surface area contributed by atoms with Gasteiger partial charge in [-0.3, -0.25) is 0 Å². The summed E-state index contributed by atoms with van der Waals surface area (Å²) in [6, 6.07) is 7.16. The van der Waals surface area contributed by atoms with Crippen molar-refractivity contribution in [3.05, 3.63) is 34.9 Å². The van der Waals surface area contributed by atoms with Crippen molar-refractivity contribution >= 4 is 0 Å². The van der Waals surface area contributed by atoms with E-state index in [0.29, 0.717) is 11.3 Å². The van der Waals surface area contributed by atoms with E-state index in [0.717, 1.165) is 26.1 Å². The van der Waals surface area contributed by atoms with Crippen molar-refractivity contribution in [3.8, 4) is 0 Å². The quantitative estimate of drug-likeness (QED) is 0.738. The van der Waals surface area contributed by atoms with Crippen LogP contribution in [0.2, 0.25) is 0 Å². The minimum atomic E-state index is 0.292. The number of ether oxygens (including phenoxy) is 1. The standard InChI is InChI=1S/C19H31NO/c1-15(2)19(3,14-20-10-11-21-4)13-16-8-9-17-6-5-7-18(17)12-16/h8-9,12,15,20H,5-7,10-11,13-14H2,1-4H3. The van der Waals surface area contributed by atoms with E-state index in [2.05, 4.69) is 44.3 Å². The van der Waals surface area contributed by atoms with Crippen LogP contribution in [0.5, 0.6) is 0 Å². The Balaban J connectivity index is 2.01. The number of methoxy groups -OCH3 is 1. The highest BCUT2D eigenvalue weighted by Gasteiger charge is 2.28. The Hall–Kier alpha value is -0.860. The van der Waals surface area contributed by atoms with Crippen LogP contribution in [0.25, 0.3) is 0 Å². The molecular weight excluding hydrogens is 258 g/mol. The smallest absolute Gasteiger partial charge is 0.0587 e. The van der Waals surface area contributed by atoms with Crippen molar-refractivity contribution in [3.63, 3.8) is 0 Å². The second kappa shape index (κ2) is 7.42. The van der Waals surface area contributed by atoms with Crippen LogP contribution in [0.4, 0.5) is 0 Å². The van der Waals surface area contributed by atoms with Gasteiger partial charge in [-0.25, -0.2) is 0 Å². The lowest BCUT2D eigenvalue weighted by Gasteiger charge is -2.34. The maximum Gasteiger partial charge on any atom is 0.0587 e. The summed E-state index contributed by atoms with van der Waals surface area (Å²) in [6.07, 6.45) is 5.03. The number of aryl methyl sites for hydroxylation is 2. The molecule has 1 aliphatic carbocycles. The second-order valence-corrected chi connectivity index (χ2v) is 7.11. The zero-order valence-corrected chi connectivity index (χ0v) is 14.2. The van der Waals surface area contributed by atoms with Gasteiger partial charge in [-0.15, -0.1) is 0 Å². The summed E-state index contributed by atoms with van der Waals surface area (Å²) in [7, 11) is 1.76. The normalized spacial score (nSPS) is 17.0. The third-order valence-corrected chi connectivity index (χ3v) is 5.18. The van der Waals surface area contributed by atoms with E-state index < -0.39 is 0 Å². The molecule has 0 spiro atoms. The van der Waals surface area contributed by atoms with E-state index in [9.17, 15) is 0 Å². The Kier molecular flexibility index (Phi) is 5.83. The molecule has 1 N–H and O–H groups in total. The molecule has 21 heavy (non-hydrogen) atoms. The average molecular weight is 289 g/mol. The van der Waals surface area contributed by atoms with E-state index in [1.165, 1.54) is 24.8 Å². The summed E-state index contributed by atoms with van der Waals surface area (Å²) in [5.41, 5.74) is 4.95. The lowest BCUT2D eigenvalue weighted by Crippen LogP contribution is -2.39. The predicted octanol–water partition coefficient (Wildman–Crippen LogP) is 3.62. The fraction of sp³-hybridized carbons (Fsp3) is 0.684. The monoisotopic (exact) mass is 289 g/mol. The minimum absolute atomic E-state index is 0.292. The van der Waals surface area contributed by atoms with Crippen molar-refractivity contribution in [1.29, 1.82) is 0 Å². The van der Waals surface area contributed by atoms with E-state index in [1.807, 2.05) is 0 Å². The SMILES string of the molecule is COCCNCC(C)(Cc1ccc2c(c1)CCC2)C(C)C. The molecule has 2 rings (SSSR count). The molecule has 0 amide bonds. The van der Waals surface area contributed by atoms with Crippen molar-refractivity contribution < 1.29 is 4.74 Å². The maximum absolute atomic E-state index is 5.12. The topological polar surface area (TPSA) is 21.3 Å². The number of fused-ring (bicyclic) bond motifs is 1. The summed E-state index contributed by atoms with van der Waals surface area (Å²) in [4.78, 5) is 0. The van der Waals surface area contributed by atoms with Crippen LogP contribution in [0.3, 0.4) is 0 Å². The second-order valence-electron chi connectivity index (χ2n) is 7.11. The molecule has 1 unspecified atom stereocenters. The van der Waals surface area contributed by atoms with E-state index >= 15 is 0 Å². The molecule has 2 heteroatoms. The molecule has 1 aromatic rings. The fourth-order valence-corrected chi connectivity index (χ4v) is 3.22. The number of nitrogens with one attached hydrogen (secondary N) is 1. The minimum Gasteiger partial charge on any atom is -0.383 e. The first-order chi connectivity index (χ1) is 10.0. The molecule has 0 saturated carbocycles. The van der Waals surface area contributed by atoms with Gasteiger partial charge in [0.15, 0.2) is 0 Å². The van der Waals surface area contributed by atoms with Crippen LogP contribution in [0.1, 0.15) is 43.9 Å². The largest absolute Gasteiger partial charge is 0.383 e. The highest BCUT2D eigenvalue weighted by molar-refractivity contribution is 5.35. The van der Waals surface area contributed by atoms with Gasteiger partial charge >= 0.3 is 0 Å². The number of rotatable bonds is 8. The molecule has 0 bridgehead atoms. The molecule has 1 atom stereocenters. The van der Waals surface area contributed by atoms with Gasteiger partial charge < -0.3 is 10.1 Å². The molecule has 0 aliphatic heterocycles. The summed E-state index contributed by atoms with van der Waals surface area (Å²) in [5, 5.41) is 3.56. The first-order valence-electron chi connectivity index (χ1n) is 8.35. The molecule has 1 aromatic carbocycles. The highest BCUT2D eigenvalue weighted by Crippen LogP contribution is 2.32. The van der Waals surface area contributed by atoms with E-state index in [4.69, 9.17) is 4.74 Å². The third-order valence-electron chi connectivity index (χ3n) is 5.18. The highest BCUT2D eigenvalue weighted by atomic mass is 16.5. The van der Waals surface area contributed by atoms with Crippen LogP contribution in [-0.4, -0.2) is 26.8 Å². The van der Waals surface area contributed by atoms with Crippen LogP contribution in [-0.2, 0) is 24.0 Å². The summed E-state index contributed by atoms with van der Waals surface area (Å²) in [6.45, 7) is 9.85. The summed E-state index contributed by atoms with van der Waals surface area (Å²) >= 11 is 0. The number of hydrogen-bond donors (Lipinski definition) is 1.